The SMILES string of the molecule is CCCC(OCC)c1noc(-c2ccnc(CN)c2)n1. The molecule has 2 aromatic heterocycles. The standard InChI is InChI=1S/C14H20N4O2/c1-3-5-12(19-4-2)13-17-14(20-18-13)10-6-7-16-11(8-10)9-15/h6-8,12H,3-5,9,15H2,1-2H3. The monoisotopic (exact) mass is 276 g/mol. The second-order valence-corrected chi connectivity index (χ2v) is 4.43. The Labute approximate surface area is 118 Å². The summed E-state index contributed by atoms with van der Waals surface area (Å²) in [6.45, 7) is 5.07. The molecule has 2 heterocycles. The van der Waals surface area contributed by atoms with Crippen molar-refractivity contribution in [2.75, 3.05) is 6.61 Å². The highest BCUT2D eigenvalue weighted by molar-refractivity contribution is 5.52. The van der Waals surface area contributed by atoms with Gasteiger partial charge < -0.3 is 15.0 Å². The molecule has 2 aromatic rings. The summed E-state index contributed by atoms with van der Waals surface area (Å²) in [4.78, 5) is 8.57. The van der Waals surface area contributed by atoms with E-state index >= 15 is 0 Å². The van der Waals surface area contributed by atoms with Crippen LogP contribution in [-0.2, 0) is 11.3 Å². The number of ether oxygens (including phenoxy) is 1. The highest BCUT2D eigenvalue weighted by Gasteiger charge is 2.18. The van der Waals surface area contributed by atoms with Crippen molar-refractivity contribution in [3.05, 3.63) is 29.8 Å². The van der Waals surface area contributed by atoms with Crippen molar-refractivity contribution in [3.8, 4) is 11.5 Å². The van der Waals surface area contributed by atoms with Crippen LogP contribution in [0.15, 0.2) is 22.9 Å². The summed E-state index contributed by atoms with van der Waals surface area (Å²) in [7, 11) is 0. The van der Waals surface area contributed by atoms with Gasteiger partial charge in [0.1, 0.15) is 6.10 Å². The van der Waals surface area contributed by atoms with Gasteiger partial charge in [-0.2, -0.15) is 4.98 Å². The van der Waals surface area contributed by atoms with Crippen molar-refractivity contribution in [1.29, 1.82) is 0 Å². The zero-order valence-electron chi connectivity index (χ0n) is 11.9. The first kappa shape index (κ1) is 14.6. The molecule has 1 atom stereocenters. The number of hydrogen-bond acceptors (Lipinski definition) is 6. The number of pyridine rings is 1. The van der Waals surface area contributed by atoms with Crippen LogP contribution in [0.4, 0.5) is 0 Å². The molecule has 0 saturated carbocycles. The normalized spacial score (nSPS) is 12.6. The van der Waals surface area contributed by atoms with Crippen molar-refractivity contribution in [1.82, 2.24) is 15.1 Å². The van der Waals surface area contributed by atoms with Gasteiger partial charge >= 0.3 is 0 Å². The Morgan fingerprint density at radius 1 is 1.40 bits per heavy atom. The Balaban J connectivity index is 2.22. The summed E-state index contributed by atoms with van der Waals surface area (Å²) in [5, 5.41) is 4.02. The average Bonchev–Trinajstić information content (AvgIpc) is 2.97. The maximum atomic E-state index is 5.65. The first-order chi connectivity index (χ1) is 9.78. The number of hydrogen-bond donors (Lipinski definition) is 1. The number of nitrogens with zero attached hydrogens (tertiary/aromatic N) is 3. The summed E-state index contributed by atoms with van der Waals surface area (Å²) in [5.74, 6) is 1.06. The van der Waals surface area contributed by atoms with E-state index in [0.29, 0.717) is 24.9 Å². The largest absolute Gasteiger partial charge is 0.370 e. The first-order valence-corrected chi connectivity index (χ1v) is 6.89. The molecule has 0 aliphatic rings. The molecular formula is C14H20N4O2. The molecule has 6 nitrogen and oxygen atoms in total. The summed E-state index contributed by atoms with van der Waals surface area (Å²) in [5.41, 5.74) is 7.19. The van der Waals surface area contributed by atoms with Crippen LogP contribution in [0.3, 0.4) is 0 Å². The molecule has 2 N–H and O–H groups in total. The van der Waals surface area contributed by atoms with Gasteiger partial charge in [0, 0.05) is 24.9 Å². The average molecular weight is 276 g/mol. The number of nitrogens with two attached hydrogens (primary N) is 1. The molecule has 0 spiro atoms. The van der Waals surface area contributed by atoms with Gasteiger partial charge in [0.2, 0.25) is 5.82 Å². The van der Waals surface area contributed by atoms with E-state index in [4.69, 9.17) is 15.0 Å². The molecule has 0 aliphatic carbocycles. The van der Waals surface area contributed by atoms with Crippen LogP contribution in [0.25, 0.3) is 11.5 Å². The van der Waals surface area contributed by atoms with Crippen LogP contribution < -0.4 is 5.73 Å². The van der Waals surface area contributed by atoms with Crippen LogP contribution in [-0.4, -0.2) is 21.7 Å². The van der Waals surface area contributed by atoms with Gasteiger partial charge in [-0.15, -0.1) is 0 Å². The van der Waals surface area contributed by atoms with Gasteiger partial charge in [-0.3, -0.25) is 4.98 Å². The maximum Gasteiger partial charge on any atom is 0.258 e. The molecule has 0 aliphatic heterocycles. The fourth-order valence-electron chi connectivity index (χ4n) is 1.96. The van der Waals surface area contributed by atoms with E-state index in [9.17, 15) is 0 Å². The molecule has 20 heavy (non-hydrogen) atoms. The van der Waals surface area contributed by atoms with Crippen molar-refractivity contribution in [3.63, 3.8) is 0 Å². The van der Waals surface area contributed by atoms with Gasteiger partial charge in [0.15, 0.2) is 0 Å². The second-order valence-electron chi connectivity index (χ2n) is 4.43. The van der Waals surface area contributed by atoms with Crippen LogP contribution in [0.1, 0.15) is 44.3 Å². The predicted molar refractivity (Wildman–Crippen MR) is 74.7 cm³/mol. The highest BCUT2D eigenvalue weighted by atomic mass is 16.5. The van der Waals surface area contributed by atoms with Gasteiger partial charge in [0.25, 0.3) is 5.89 Å². The van der Waals surface area contributed by atoms with Crippen LogP contribution >= 0.6 is 0 Å². The molecule has 108 valence electrons. The second kappa shape index (κ2) is 7.12. The molecule has 2 rings (SSSR count). The van der Waals surface area contributed by atoms with E-state index in [1.165, 1.54) is 0 Å². The smallest absolute Gasteiger partial charge is 0.258 e. The van der Waals surface area contributed by atoms with Crippen molar-refractivity contribution < 1.29 is 9.26 Å². The fraction of sp³-hybridized carbons (Fsp3) is 0.500. The molecular weight excluding hydrogens is 256 g/mol. The summed E-state index contributed by atoms with van der Waals surface area (Å²) in [6, 6.07) is 3.68. The van der Waals surface area contributed by atoms with E-state index in [1.807, 2.05) is 19.1 Å². The minimum Gasteiger partial charge on any atom is -0.370 e. The number of rotatable bonds is 7. The minimum atomic E-state index is -0.113. The Morgan fingerprint density at radius 2 is 2.25 bits per heavy atom. The molecule has 0 fully saturated rings. The molecule has 0 aromatic carbocycles. The van der Waals surface area contributed by atoms with Crippen LogP contribution in [0, 0.1) is 0 Å². The van der Waals surface area contributed by atoms with E-state index in [-0.39, 0.29) is 6.10 Å². The lowest BCUT2D eigenvalue weighted by molar-refractivity contribution is 0.0478. The molecule has 0 bridgehead atoms. The van der Waals surface area contributed by atoms with Crippen molar-refractivity contribution >= 4 is 0 Å². The Hall–Kier alpha value is -1.79. The third-order valence-electron chi connectivity index (χ3n) is 2.92. The van der Waals surface area contributed by atoms with Crippen molar-refractivity contribution in [2.45, 2.75) is 39.3 Å². The lowest BCUT2D eigenvalue weighted by Gasteiger charge is -2.11. The van der Waals surface area contributed by atoms with E-state index < -0.39 is 0 Å². The molecule has 0 radical (unpaired) electrons. The summed E-state index contributed by atoms with van der Waals surface area (Å²) in [6.07, 6.45) is 3.45. The van der Waals surface area contributed by atoms with Crippen LogP contribution in [0.2, 0.25) is 0 Å². The van der Waals surface area contributed by atoms with E-state index in [2.05, 4.69) is 22.0 Å². The van der Waals surface area contributed by atoms with Crippen LogP contribution in [0.5, 0.6) is 0 Å². The zero-order valence-corrected chi connectivity index (χ0v) is 11.9. The fourth-order valence-corrected chi connectivity index (χ4v) is 1.96. The highest BCUT2D eigenvalue weighted by Crippen LogP contribution is 2.24. The molecule has 6 heteroatoms. The topological polar surface area (TPSA) is 87.1 Å². The lowest BCUT2D eigenvalue weighted by atomic mass is 10.2. The third kappa shape index (κ3) is 3.40. The predicted octanol–water partition coefficient (Wildman–Crippen LogP) is 2.47. The Bertz CT molecular complexity index is 535. The lowest BCUT2D eigenvalue weighted by Crippen LogP contribution is -2.06. The summed E-state index contributed by atoms with van der Waals surface area (Å²) >= 11 is 0. The quantitative estimate of drug-likeness (QED) is 0.835. The first-order valence-electron chi connectivity index (χ1n) is 6.89. The van der Waals surface area contributed by atoms with Gasteiger partial charge in [0.05, 0.1) is 5.69 Å². The van der Waals surface area contributed by atoms with Gasteiger partial charge in [-0.05, 0) is 25.5 Å². The van der Waals surface area contributed by atoms with Gasteiger partial charge in [-0.25, -0.2) is 0 Å². The van der Waals surface area contributed by atoms with E-state index in [0.717, 1.165) is 24.1 Å². The molecule has 0 saturated heterocycles. The molecule has 1 unspecified atom stereocenters. The zero-order chi connectivity index (χ0) is 14.4. The maximum absolute atomic E-state index is 5.65. The van der Waals surface area contributed by atoms with Crippen molar-refractivity contribution in [2.24, 2.45) is 5.73 Å². The minimum absolute atomic E-state index is 0.113. The van der Waals surface area contributed by atoms with E-state index in [1.54, 1.807) is 6.20 Å². The Morgan fingerprint density at radius 3 is 2.95 bits per heavy atom. The Kier molecular flexibility index (Phi) is 5.20. The number of aromatic nitrogens is 3. The molecule has 0 amide bonds. The summed E-state index contributed by atoms with van der Waals surface area (Å²) < 4.78 is 11.0. The van der Waals surface area contributed by atoms with Gasteiger partial charge in [-0.1, -0.05) is 18.5 Å². The third-order valence-corrected chi connectivity index (χ3v) is 2.92.